The molecule has 1 aromatic heterocycles. The molecule has 5 nitrogen and oxygen atoms in total. The third-order valence-corrected chi connectivity index (χ3v) is 2.89. The van der Waals surface area contributed by atoms with Crippen molar-refractivity contribution in [2.24, 2.45) is 5.84 Å². The zero-order valence-electron chi connectivity index (χ0n) is 9.47. The van der Waals surface area contributed by atoms with E-state index in [1.54, 1.807) is 6.20 Å². The minimum atomic E-state index is -0.00329. The zero-order valence-corrected chi connectivity index (χ0v) is 9.47. The third kappa shape index (κ3) is 2.56. The molecule has 1 fully saturated rings. The van der Waals surface area contributed by atoms with Crippen LogP contribution in [0.25, 0.3) is 0 Å². The van der Waals surface area contributed by atoms with Gasteiger partial charge in [-0.25, -0.2) is 0 Å². The predicted octanol–water partition coefficient (Wildman–Crippen LogP) is -0.0834. The Balaban J connectivity index is 2.10. The van der Waals surface area contributed by atoms with Gasteiger partial charge in [0.05, 0.1) is 18.8 Å². The van der Waals surface area contributed by atoms with Gasteiger partial charge in [0.15, 0.2) is 0 Å². The lowest BCUT2D eigenvalue weighted by atomic mass is 10.0. The first-order valence-electron chi connectivity index (χ1n) is 5.47. The molecule has 3 N–H and O–H groups in total. The van der Waals surface area contributed by atoms with Crippen LogP contribution < -0.4 is 11.3 Å². The lowest BCUT2D eigenvalue weighted by Crippen LogP contribution is -2.48. The Hall–Kier alpha value is -1.01. The van der Waals surface area contributed by atoms with Gasteiger partial charge in [0.1, 0.15) is 0 Å². The van der Waals surface area contributed by atoms with E-state index < -0.39 is 0 Å². The predicted molar refractivity (Wildman–Crippen MR) is 61.5 cm³/mol. The summed E-state index contributed by atoms with van der Waals surface area (Å²) in [6, 6.07) is 3.92. The monoisotopic (exact) mass is 222 g/mol. The summed E-state index contributed by atoms with van der Waals surface area (Å²) in [5.74, 6) is 5.60. The first kappa shape index (κ1) is 11.5. The molecule has 0 saturated carbocycles. The highest BCUT2D eigenvalue weighted by atomic mass is 16.5. The van der Waals surface area contributed by atoms with E-state index >= 15 is 0 Å². The van der Waals surface area contributed by atoms with Crippen molar-refractivity contribution in [2.45, 2.75) is 12.1 Å². The lowest BCUT2D eigenvalue weighted by molar-refractivity contribution is -0.0393. The van der Waals surface area contributed by atoms with Crippen LogP contribution in [-0.2, 0) is 4.74 Å². The van der Waals surface area contributed by atoms with Gasteiger partial charge in [-0.1, -0.05) is 6.07 Å². The minimum Gasteiger partial charge on any atom is -0.374 e. The van der Waals surface area contributed by atoms with Crippen LogP contribution in [0.3, 0.4) is 0 Å². The van der Waals surface area contributed by atoms with Crippen LogP contribution in [0.5, 0.6) is 0 Å². The molecule has 2 heterocycles. The summed E-state index contributed by atoms with van der Waals surface area (Å²) >= 11 is 0. The smallest absolute Gasteiger partial charge is 0.0910 e. The number of hydrogen-bond acceptors (Lipinski definition) is 5. The third-order valence-electron chi connectivity index (χ3n) is 2.89. The van der Waals surface area contributed by atoms with Crippen LogP contribution in [0.2, 0.25) is 0 Å². The molecule has 1 aliphatic heterocycles. The normalized spacial score (nSPS) is 24.2. The molecule has 0 amide bonds. The van der Waals surface area contributed by atoms with Gasteiger partial charge < -0.3 is 9.64 Å². The number of aromatic nitrogens is 1. The van der Waals surface area contributed by atoms with E-state index in [0.717, 1.165) is 25.3 Å². The van der Waals surface area contributed by atoms with Crippen LogP contribution in [0.1, 0.15) is 11.6 Å². The number of pyridine rings is 1. The van der Waals surface area contributed by atoms with Crippen LogP contribution in [-0.4, -0.2) is 42.7 Å². The molecule has 5 heteroatoms. The maximum atomic E-state index is 5.74. The maximum Gasteiger partial charge on any atom is 0.0910 e. The van der Waals surface area contributed by atoms with E-state index in [2.05, 4.69) is 22.4 Å². The van der Waals surface area contributed by atoms with E-state index in [9.17, 15) is 0 Å². The summed E-state index contributed by atoms with van der Waals surface area (Å²) in [6.45, 7) is 2.60. The van der Waals surface area contributed by atoms with Crippen LogP contribution in [0, 0.1) is 0 Å². The largest absolute Gasteiger partial charge is 0.374 e. The summed E-state index contributed by atoms with van der Waals surface area (Å²) in [4.78, 5) is 6.35. The van der Waals surface area contributed by atoms with Crippen molar-refractivity contribution in [1.82, 2.24) is 15.3 Å². The lowest BCUT2D eigenvalue weighted by Gasteiger charge is -2.34. The number of ether oxygens (including phenoxy) is 1. The molecule has 88 valence electrons. The molecule has 1 aromatic rings. The van der Waals surface area contributed by atoms with E-state index in [0.29, 0.717) is 0 Å². The van der Waals surface area contributed by atoms with Gasteiger partial charge in [-0.15, -0.1) is 0 Å². The van der Waals surface area contributed by atoms with E-state index in [1.807, 2.05) is 18.3 Å². The number of nitrogens with zero attached hydrogens (tertiary/aromatic N) is 2. The summed E-state index contributed by atoms with van der Waals surface area (Å²) < 4.78 is 5.74. The molecule has 16 heavy (non-hydrogen) atoms. The summed E-state index contributed by atoms with van der Waals surface area (Å²) in [5, 5.41) is 0. The molecule has 0 aliphatic carbocycles. The van der Waals surface area contributed by atoms with Crippen LogP contribution >= 0.6 is 0 Å². The van der Waals surface area contributed by atoms with Gasteiger partial charge >= 0.3 is 0 Å². The first-order chi connectivity index (χ1) is 7.81. The van der Waals surface area contributed by atoms with Crippen molar-refractivity contribution in [3.8, 4) is 0 Å². The number of hydrogen-bond donors (Lipinski definition) is 2. The fourth-order valence-corrected chi connectivity index (χ4v) is 1.99. The van der Waals surface area contributed by atoms with E-state index in [4.69, 9.17) is 10.6 Å². The van der Waals surface area contributed by atoms with Gasteiger partial charge in [-0.05, 0) is 18.7 Å². The Labute approximate surface area is 95.6 Å². The molecule has 0 bridgehead atoms. The second-order valence-electron chi connectivity index (χ2n) is 4.10. The van der Waals surface area contributed by atoms with Crippen molar-refractivity contribution in [3.63, 3.8) is 0 Å². The molecule has 0 aromatic carbocycles. The highest BCUT2D eigenvalue weighted by molar-refractivity contribution is 5.15. The average molecular weight is 222 g/mol. The standard InChI is InChI=1S/C11H18N4O/c1-15-5-6-16-10(8-15)11(14-12)9-3-2-4-13-7-9/h2-4,7,10-11,14H,5-6,8,12H2,1H3. The Kier molecular flexibility index (Phi) is 3.84. The zero-order chi connectivity index (χ0) is 11.4. The van der Waals surface area contributed by atoms with E-state index in [1.165, 1.54) is 0 Å². The van der Waals surface area contributed by atoms with Gasteiger partial charge in [0, 0.05) is 25.5 Å². The fourth-order valence-electron chi connectivity index (χ4n) is 1.99. The maximum absolute atomic E-state index is 5.74. The van der Waals surface area contributed by atoms with Crippen molar-refractivity contribution < 1.29 is 4.74 Å². The Morgan fingerprint density at radius 3 is 3.19 bits per heavy atom. The van der Waals surface area contributed by atoms with Gasteiger partial charge in [0.2, 0.25) is 0 Å². The topological polar surface area (TPSA) is 63.4 Å². The summed E-state index contributed by atoms with van der Waals surface area (Å²) in [7, 11) is 2.09. The summed E-state index contributed by atoms with van der Waals surface area (Å²) in [5.41, 5.74) is 3.88. The molecule has 2 atom stereocenters. The van der Waals surface area contributed by atoms with E-state index in [-0.39, 0.29) is 12.1 Å². The molecule has 2 rings (SSSR count). The van der Waals surface area contributed by atoms with Crippen molar-refractivity contribution in [1.29, 1.82) is 0 Å². The van der Waals surface area contributed by atoms with Gasteiger partial charge in [0.25, 0.3) is 0 Å². The van der Waals surface area contributed by atoms with Crippen molar-refractivity contribution in [3.05, 3.63) is 30.1 Å². The molecule has 1 saturated heterocycles. The first-order valence-corrected chi connectivity index (χ1v) is 5.47. The Bertz CT molecular complexity index is 319. The number of nitrogens with two attached hydrogens (primary N) is 1. The quantitative estimate of drug-likeness (QED) is 0.553. The molecule has 1 aliphatic rings. The second kappa shape index (κ2) is 5.36. The fraction of sp³-hybridized carbons (Fsp3) is 0.545. The number of likely N-dealkylation sites (N-methyl/N-ethyl adjacent to an activating group) is 1. The van der Waals surface area contributed by atoms with Gasteiger partial charge in [-0.3, -0.25) is 16.3 Å². The molecule has 0 radical (unpaired) electrons. The number of morpholine rings is 1. The number of nitrogens with one attached hydrogen (secondary N) is 1. The Morgan fingerprint density at radius 1 is 1.69 bits per heavy atom. The number of hydrazine groups is 1. The molecular weight excluding hydrogens is 204 g/mol. The van der Waals surface area contributed by atoms with Crippen molar-refractivity contribution in [2.75, 3.05) is 26.7 Å². The minimum absolute atomic E-state index is 0.00329. The molecular formula is C11H18N4O. The average Bonchev–Trinajstić information content (AvgIpc) is 2.31. The second-order valence-corrected chi connectivity index (χ2v) is 4.10. The SMILES string of the molecule is CN1CCOC(C(NN)c2cccnc2)C1. The highest BCUT2D eigenvalue weighted by Crippen LogP contribution is 2.20. The highest BCUT2D eigenvalue weighted by Gasteiger charge is 2.27. The Morgan fingerprint density at radius 2 is 2.56 bits per heavy atom. The number of rotatable bonds is 3. The molecule has 0 spiro atoms. The van der Waals surface area contributed by atoms with Gasteiger partial charge in [-0.2, -0.15) is 0 Å². The summed E-state index contributed by atoms with van der Waals surface area (Å²) in [6.07, 6.45) is 3.65. The molecule has 2 unspecified atom stereocenters. The van der Waals surface area contributed by atoms with Crippen LogP contribution in [0.15, 0.2) is 24.5 Å². The van der Waals surface area contributed by atoms with Crippen LogP contribution in [0.4, 0.5) is 0 Å². The van der Waals surface area contributed by atoms with Crippen molar-refractivity contribution >= 4 is 0 Å².